The quantitative estimate of drug-likeness (QED) is 0.134. The number of thiazole rings is 2. The highest BCUT2D eigenvalue weighted by atomic mass is 32.2. The second-order valence-corrected chi connectivity index (χ2v) is 11.7. The Morgan fingerprint density at radius 2 is 1.67 bits per heavy atom. The van der Waals surface area contributed by atoms with Crippen LogP contribution in [0.3, 0.4) is 0 Å². The number of rotatable bonds is 11. The summed E-state index contributed by atoms with van der Waals surface area (Å²) in [6.07, 6.45) is 0.471. The zero-order valence-electron chi connectivity index (χ0n) is 21.0. The fraction of sp³-hybridized carbons (Fsp3) is 0.231. The molecular formula is C26H26N4O6S3. The monoisotopic (exact) mass is 586 g/mol. The van der Waals surface area contributed by atoms with Gasteiger partial charge in [0, 0.05) is 10.8 Å². The van der Waals surface area contributed by atoms with E-state index in [1.807, 2.05) is 52.7 Å². The number of nitrogens with one attached hydrogen (secondary N) is 2. The summed E-state index contributed by atoms with van der Waals surface area (Å²) in [5.41, 5.74) is 3.10. The minimum Gasteiger partial charge on any atom is -0.468 e. The first-order chi connectivity index (χ1) is 18.6. The third-order valence-corrected chi connectivity index (χ3v) is 7.91. The molecule has 0 saturated carbocycles. The Labute approximate surface area is 234 Å². The number of esters is 1. The van der Waals surface area contributed by atoms with Gasteiger partial charge in [-0.15, -0.1) is 22.7 Å². The summed E-state index contributed by atoms with van der Waals surface area (Å²) in [5, 5.41) is 8.35. The van der Waals surface area contributed by atoms with E-state index in [2.05, 4.69) is 10.3 Å². The van der Waals surface area contributed by atoms with E-state index < -0.39 is 34.1 Å². The number of methoxy groups -OCH3 is 1. The number of hydrogen-bond donors (Lipinski definition) is 3. The van der Waals surface area contributed by atoms with Crippen LogP contribution in [0.2, 0.25) is 0 Å². The molecule has 3 N–H and O–H groups in total. The van der Waals surface area contributed by atoms with Crippen LogP contribution in [0.25, 0.3) is 10.7 Å². The molecule has 13 heteroatoms. The fourth-order valence-electron chi connectivity index (χ4n) is 3.90. The summed E-state index contributed by atoms with van der Waals surface area (Å²) in [7, 11) is -3.16. The minimum atomic E-state index is -4.40. The third kappa shape index (κ3) is 7.93. The molecule has 10 nitrogen and oxygen atoms in total. The summed E-state index contributed by atoms with van der Waals surface area (Å²) >= 11 is 2.91. The van der Waals surface area contributed by atoms with Crippen molar-refractivity contribution in [2.24, 2.45) is 5.92 Å². The van der Waals surface area contributed by atoms with Gasteiger partial charge < -0.3 is 10.1 Å². The van der Waals surface area contributed by atoms with Gasteiger partial charge in [0.15, 0.2) is 0 Å². The van der Waals surface area contributed by atoms with Crippen molar-refractivity contribution in [3.8, 4) is 10.7 Å². The zero-order valence-corrected chi connectivity index (χ0v) is 23.5. The number of carbonyl (C=O) groups excluding carboxylic acids is 2. The molecule has 2 aromatic heterocycles. The lowest BCUT2D eigenvalue weighted by Crippen LogP contribution is -2.40. The summed E-state index contributed by atoms with van der Waals surface area (Å²) in [4.78, 5) is 35.3. The number of anilines is 1. The number of aryl methyl sites for hydroxylation is 1. The number of amides is 1. The molecule has 4 aromatic rings. The first kappa shape index (κ1) is 28.4. The van der Waals surface area contributed by atoms with Gasteiger partial charge in [0.1, 0.15) is 16.6 Å². The average molecular weight is 587 g/mol. The van der Waals surface area contributed by atoms with Crippen molar-refractivity contribution in [3.05, 3.63) is 87.2 Å². The van der Waals surface area contributed by atoms with Gasteiger partial charge >= 0.3 is 16.3 Å². The first-order valence-electron chi connectivity index (χ1n) is 11.8. The molecule has 0 saturated heterocycles. The predicted octanol–water partition coefficient (Wildman–Crippen LogP) is 4.22. The Kier molecular flexibility index (Phi) is 9.07. The van der Waals surface area contributed by atoms with Gasteiger partial charge in [-0.25, -0.2) is 9.97 Å². The molecule has 0 radical (unpaired) electrons. The van der Waals surface area contributed by atoms with Crippen molar-refractivity contribution in [1.29, 1.82) is 0 Å². The Hall–Kier alpha value is -3.65. The second-order valence-electron chi connectivity index (χ2n) is 8.63. The molecule has 2 atom stereocenters. The molecule has 1 amide bonds. The molecule has 0 spiro atoms. The lowest BCUT2D eigenvalue weighted by atomic mass is 9.97. The molecule has 0 bridgehead atoms. The molecule has 0 fully saturated rings. The molecule has 2 heterocycles. The summed E-state index contributed by atoms with van der Waals surface area (Å²) in [6, 6.07) is 14.9. The normalized spacial score (nSPS) is 12.9. The van der Waals surface area contributed by atoms with Crippen molar-refractivity contribution < 1.29 is 27.3 Å². The number of hydrogen-bond acceptors (Lipinski definition) is 9. The number of ether oxygens (including phenoxy) is 1. The largest absolute Gasteiger partial charge is 0.468 e. The zero-order chi connectivity index (χ0) is 28.0. The molecular weight excluding hydrogens is 561 g/mol. The standard InChI is InChI=1S/C26H26N4O6S3/c1-16-27-23(15-37-16)25-29-22(14-38-25)21(13-18-8-10-19(11-9-18)30-39(33,34)35)28-24(31)20(26(32)36-2)12-17-6-4-3-5-7-17/h3-11,14-15,20-21,30H,12-13H2,1-2H3,(H,28,31)(H,33,34,35). The van der Waals surface area contributed by atoms with E-state index in [0.29, 0.717) is 17.1 Å². The van der Waals surface area contributed by atoms with E-state index in [9.17, 15) is 18.0 Å². The van der Waals surface area contributed by atoms with E-state index in [1.54, 1.807) is 12.1 Å². The maximum Gasteiger partial charge on any atom is 0.357 e. The molecule has 2 unspecified atom stereocenters. The molecule has 204 valence electrons. The van der Waals surface area contributed by atoms with Gasteiger partial charge in [0.25, 0.3) is 0 Å². The maximum atomic E-state index is 13.5. The Morgan fingerprint density at radius 1 is 0.974 bits per heavy atom. The molecule has 4 rings (SSSR count). The van der Waals surface area contributed by atoms with E-state index in [0.717, 1.165) is 21.8 Å². The first-order valence-corrected chi connectivity index (χ1v) is 15.0. The van der Waals surface area contributed by atoms with Crippen LogP contribution in [0.4, 0.5) is 5.69 Å². The van der Waals surface area contributed by atoms with E-state index >= 15 is 0 Å². The number of carbonyl (C=O) groups is 2. The number of benzene rings is 2. The van der Waals surface area contributed by atoms with Crippen LogP contribution < -0.4 is 10.0 Å². The van der Waals surface area contributed by atoms with Crippen molar-refractivity contribution in [1.82, 2.24) is 15.3 Å². The van der Waals surface area contributed by atoms with E-state index in [-0.39, 0.29) is 12.1 Å². The molecule has 0 aliphatic rings. The predicted molar refractivity (Wildman–Crippen MR) is 150 cm³/mol. The van der Waals surface area contributed by atoms with Crippen LogP contribution in [0, 0.1) is 12.8 Å². The SMILES string of the molecule is COC(=O)C(Cc1ccccc1)C(=O)NC(Cc1ccc(NS(=O)(=O)O)cc1)c1csc(-c2csc(C)n2)n1. The number of aromatic nitrogens is 2. The average Bonchev–Trinajstić information content (AvgIpc) is 3.56. The fourth-order valence-corrected chi connectivity index (χ4v) is 5.83. The maximum absolute atomic E-state index is 13.5. The minimum absolute atomic E-state index is 0.169. The van der Waals surface area contributed by atoms with Crippen LogP contribution in [0.1, 0.15) is 27.9 Å². The Morgan fingerprint density at radius 3 is 2.28 bits per heavy atom. The van der Waals surface area contributed by atoms with Crippen LogP contribution >= 0.6 is 22.7 Å². The van der Waals surface area contributed by atoms with Crippen molar-refractivity contribution in [2.75, 3.05) is 11.8 Å². The number of nitrogens with zero attached hydrogens (tertiary/aromatic N) is 2. The molecule has 39 heavy (non-hydrogen) atoms. The highest BCUT2D eigenvalue weighted by Gasteiger charge is 2.31. The molecule has 0 aliphatic heterocycles. The van der Waals surface area contributed by atoms with Gasteiger partial charge in [-0.2, -0.15) is 8.42 Å². The van der Waals surface area contributed by atoms with Crippen LogP contribution in [0.15, 0.2) is 65.4 Å². The van der Waals surface area contributed by atoms with Crippen molar-refractivity contribution >= 4 is 50.5 Å². The van der Waals surface area contributed by atoms with Crippen LogP contribution in [-0.2, 0) is 37.5 Å². The van der Waals surface area contributed by atoms with Crippen molar-refractivity contribution in [3.63, 3.8) is 0 Å². The van der Waals surface area contributed by atoms with Gasteiger partial charge in [0.2, 0.25) is 5.91 Å². The second kappa shape index (κ2) is 12.5. The topological polar surface area (TPSA) is 148 Å². The van der Waals surface area contributed by atoms with Crippen LogP contribution in [-0.4, -0.2) is 41.9 Å². The summed E-state index contributed by atoms with van der Waals surface area (Å²) < 4.78 is 38.2. The van der Waals surface area contributed by atoms with Gasteiger partial charge in [-0.05, 0) is 43.0 Å². The third-order valence-electron chi connectivity index (χ3n) is 5.76. The van der Waals surface area contributed by atoms with Gasteiger partial charge in [0.05, 0.1) is 29.5 Å². The Balaban J connectivity index is 1.61. The summed E-state index contributed by atoms with van der Waals surface area (Å²) in [6.45, 7) is 1.91. The van der Waals surface area contributed by atoms with Crippen molar-refractivity contribution in [2.45, 2.75) is 25.8 Å². The molecule has 2 aromatic carbocycles. The van der Waals surface area contributed by atoms with E-state index in [1.165, 1.54) is 41.9 Å². The lowest BCUT2D eigenvalue weighted by molar-refractivity contribution is -0.150. The highest BCUT2D eigenvalue weighted by Crippen LogP contribution is 2.29. The summed E-state index contributed by atoms with van der Waals surface area (Å²) in [5.74, 6) is -2.22. The molecule has 0 aliphatic carbocycles. The van der Waals surface area contributed by atoms with Crippen LogP contribution in [0.5, 0.6) is 0 Å². The smallest absolute Gasteiger partial charge is 0.357 e. The lowest BCUT2D eigenvalue weighted by Gasteiger charge is -2.21. The van der Waals surface area contributed by atoms with Gasteiger partial charge in [-0.3, -0.25) is 18.9 Å². The van der Waals surface area contributed by atoms with Gasteiger partial charge in [-0.1, -0.05) is 42.5 Å². The van der Waals surface area contributed by atoms with E-state index in [4.69, 9.17) is 14.3 Å². The highest BCUT2D eigenvalue weighted by molar-refractivity contribution is 7.87. The Bertz CT molecular complexity index is 1540.